The molecule has 3 rings (SSSR count). The van der Waals surface area contributed by atoms with Crippen LogP contribution in [0.1, 0.15) is 15.9 Å². The molecule has 0 unspecified atom stereocenters. The van der Waals surface area contributed by atoms with E-state index < -0.39 is 0 Å². The molecule has 1 heterocycles. The summed E-state index contributed by atoms with van der Waals surface area (Å²) in [6.45, 7) is 2.08. The summed E-state index contributed by atoms with van der Waals surface area (Å²) in [7, 11) is 1.52. The molecule has 0 atom stereocenters. The predicted molar refractivity (Wildman–Crippen MR) is 91.8 cm³/mol. The Kier molecular flexibility index (Phi) is 4.20. The molecule has 0 spiro atoms. The van der Waals surface area contributed by atoms with Crippen LogP contribution in [0.25, 0.3) is 22.4 Å². The third-order valence-electron chi connectivity index (χ3n) is 3.90. The maximum Gasteiger partial charge on any atom is 0.224 e. The first-order valence-electron chi connectivity index (χ1n) is 7.40. The minimum Gasteiger partial charge on any atom is -0.480 e. The number of carbonyl (C=O) groups is 1. The summed E-state index contributed by atoms with van der Waals surface area (Å²) < 4.78 is 5.21. The number of rotatable bonds is 4. The smallest absolute Gasteiger partial charge is 0.224 e. The van der Waals surface area contributed by atoms with Crippen LogP contribution in [0.2, 0.25) is 0 Å². The van der Waals surface area contributed by atoms with E-state index in [2.05, 4.69) is 30.1 Å². The Labute approximate surface area is 135 Å². The molecule has 0 bridgehead atoms. The average Bonchev–Trinajstić information content (AvgIpc) is 2.62. The van der Waals surface area contributed by atoms with Crippen molar-refractivity contribution in [2.24, 2.45) is 0 Å². The Hall–Kier alpha value is -2.94. The first-order valence-corrected chi connectivity index (χ1v) is 7.40. The van der Waals surface area contributed by atoms with Gasteiger partial charge in [-0.2, -0.15) is 0 Å². The van der Waals surface area contributed by atoms with Gasteiger partial charge in [-0.1, -0.05) is 48.5 Å². The number of hydrogen-bond donors (Lipinski definition) is 0. The van der Waals surface area contributed by atoms with Crippen molar-refractivity contribution in [1.82, 2.24) is 4.98 Å². The fourth-order valence-corrected chi connectivity index (χ4v) is 2.70. The first-order chi connectivity index (χ1) is 11.2. The zero-order valence-corrected chi connectivity index (χ0v) is 13.1. The molecule has 0 N–H and O–H groups in total. The number of aldehydes is 1. The molecule has 0 aliphatic heterocycles. The number of benzene rings is 2. The first kappa shape index (κ1) is 15.0. The Morgan fingerprint density at radius 2 is 1.65 bits per heavy atom. The molecule has 0 radical (unpaired) electrons. The van der Waals surface area contributed by atoms with Crippen LogP contribution in [0.3, 0.4) is 0 Å². The van der Waals surface area contributed by atoms with Gasteiger partial charge < -0.3 is 4.74 Å². The molecule has 23 heavy (non-hydrogen) atoms. The van der Waals surface area contributed by atoms with Crippen molar-refractivity contribution in [2.45, 2.75) is 6.92 Å². The van der Waals surface area contributed by atoms with E-state index in [-0.39, 0.29) is 0 Å². The van der Waals surface area contributed by atoms with Gasteiger partial charge in [-0.25, -0.2) is 4.98 Å². The molecule has 0 aliphatic carbocycles. The molecule has 3 nitrogen and oxygen atoms in total. The maximum absolute atomic E-state index is 11.0. The van der Waals surface area contributed by atoms with Crippen molar-refractivity contribution in [3.05, 3.63) is 71.8 Å². The summed E-state index contributed by atoms with van der Waals surface area (Å²) in [6.07, 6.45) is 0.753. The summed E-state index contributed by atoms with van der Waals surface area (Å²) in [5.41, 5.74) is 5.76. The lowest BCUT2D eigenvalue weighted by Gasteiger charge is -2.12. The van der Waals surface area contributed by atoms with E-state index in [0.717, 1.165) is 23.1 Å². The molecular formula is C20H17NO2. The predicted octanol–water partition coefficient (Wildman–Crippen LogP) is 4.55. The van der Waals surface area contributed by atoms with Gasteiger partial charge in [0.15, 0.2) is 6.29 Å². The molecule has 0 aliphatic rings. The van der Waals surface area contributed by atoms with Crippen molar-refractivity contribution in [3.8, 4) is 28.3 Å². The average molecular weight is 303 g/mol. The lowest BCUT2D eigenvalue weighted by molar-refractivity contribution is 0.112. The molecule has 3 heteroatoms. The van der Waals surface area contributed by atoms with Crippen LogP contribution in [-0.2, 0) is 0 Å². The second-order valence-electron chi connectivity index (χ2n) is 5.26. The van der Waals surface area contributed by atoms with Crippen LogP contribution >= 0.6 is 0 Å². The molecule has 0 saturated heterocycles. The molecular weight excluding hydrogens is 286 g/mol. The van der Waals surface area contributed by atoms with E-state index in [4.69, 9.17) is 4.74 Å². The van der Waals surface area contributed by atoms with Gasteiger partial charge in [-0.05, 0) is 35.7 Å². The Balaban J connectivity index is 2.13. The van der Waals surface area contributed by atoms with Gasteiger partial charge in [-0.15, -0.1) is 0 Å². The molecule has 0 amide bonds. The quantitative estimate of drug-likeness (QED) is 0.664. The van der Waals surface area contributed by atoms with Gasteiger partial charge in [0.25, 0.3) is 0 Å². The van der Waals surface area contributed by atoms with E-state index in [1.165, 1.54) is 18.2 Å². The molecule has 2 aromatic carbocycles. The molecule has 1 aromatic heterocycles. The monoisotopic (exact) mass is 303 g/mol. The molecule has 3 aromatic rings. The van der Waals surface area contributed by atoms with Crippen LogP contribution < -0.4 is 4.74 Å². The fourth-order valence-electron chi connectivity index (χ4n) is 2.70. The normalized spacial score (nSPS) is 10.3. The molecule has 0 saturated carbocycles. The van der Waals surface area contributed by atoms with Crippen LogP contribution in [0.4, 0.5) is 0 Å². The van der Waals surface area contributed by atoms with Crippen molar-refractivity contribution < 1.29 is 9.53 Å². The van der Waals surface area contributed by atoms with Gasteiger partial charge in [0, 0.05) is 5.56 Å². The van der Waals surface area contributed by atoms with Crippen molar-refractivity contribution in [2.75, 3.05) is 7.11 Å². The van der Waals surface area contributed by atoms with E-state index in [1.807, 2.05) is 36.4 Å². The number of aromatic nitrogens is 1. The third-order valence-corrected chi connectivity index (χ3v) is 3.90. The molecule has 0 fully saturated rings. The lowest BCUT2D eigenvalue weighted by Crippen LogP contribution is -1.97. The zero-order chi connectivity index (χ0) is 16.2. The summed E-state index contributed by atoms with van der Waals surface area (Å²) in [5.74, 6) is 0.349. The molecule has 114 valence electrons. The second-order valence-corrected chi connectivity index (χ2v) is 5.26. The van der Waals surface area contributed by atoms with E-state index in [1.54, 1.807) is 6.07 Å². The van der Waals surface area contributed by atoms with Gasteiger partial charge >= 0.3 is 0 Å². The highest BCUT2D eigenvalue weighted by Crippen LogP contribution is 2.31. The van der Waals surface area contributed by atoms with Crippen LogP contribution in [0.5, 0.6) is 5.88 Å². The number of ether oxygens (including phenoxy) is 1. The van der Waals surface area contributed by atoms with Gasteiger partial charge in [0.05, 0.1) is 18.4 Å². The minimum absolute atomic E-state index is 0.349. The Morgan fingerprint density at radius 3 is 2.35 bits per heavy atom. The van der Waals surface area contributed by atoms with Crippen molar-refractivity contribution in [1.29, 1.82) is 0 Å². The van der Waals surface area contributed by atoms with Gasteiger partial charge in [-0.3, -0.25) is 4.79 Å². The minimum atomic E-state index is 0.349. The van der Waals surface area contributed by atoms with Crippen LogP contribution in [0.15, 0.2) is 60.7 Å². The summed E-state index contributed by atoms with van der Waals surface area (Å²) >= 11 is 0. The Morgan fingerprint density at radius 1 is 0.913 bits per heavy atom. The highest BCUT2D eigenvalue weighted by Gasteiger charge is 2.11. The van der Waals surface area contributed by atoms with Gasteiger partial charge in [0.1, 0.15) is 0 Å². The lowest BCUT2D eigenvalue weighted by atomic mass is 9.95. The number of methoxy groups -OCH3 is 1. The number of nitrogens with zero attached hydrogens (tertiary/aromatic N) is 1. The second kappa shape index (κ2) is 6.44. The SMILES string of the molecule is COc1nc(-c2cccc(-c3ccccc3)c2C)ccc1C=O. The number of pyridine rings is 1. The van der Waals surface area contributed by atoms with Crippen molar-refractivity contribution >= 4 is 6.29 Å². The number of carbonyl (C=O) groups excluding carboxylic acids is 1. The standard InChI is InChI=1S/C20H17NO2/c1-14-17(15-7-4-3-5-8-15)9-6-10-18(14)19-12-11-16(13-22)20(21-19)23-2/h3-13H,1-2H3. The highest BCUT2D eigenvalue weighted by molar-refractivity contribution is 5.81. The Bertz CT molecular complexity index is 842. The van der Waals surface area contributed by atoms with Crippen molar-refractivity contribution in [3.63, 3.8) is 0 Å². The summed E-state index contributed by atoms with van der Waals surface area (Å²) in [5, 5.41) is 0. The number of hydrogen-bond acceptors (Lipinski definition) is 3. The topological polar surface area (TPSA) is 39.2 Å². The van der Waals surface area contributed by atoms with E-state index in [9.17, 15) is 4.79 Å². The largest absolute Gasteiger partial charge is 0.480 e. The third kappa shape index (κ3) is 2.86. The highest BCUT2D eigenvalue weighted by atomic mass is 16.5. The fraction of sp³-hybridized carbons (Fsp3) is 0.100. The summed E-state index contributed by atoms with van der Waals surface area (Å²) in [4.78, 5) is 15.5. The van der Waals surface area contributed by atoms with E-state index in [0.29, 0.717) is 11.4 Å². The van der Waals surface area contributed by atoms with Gasteiger partial charge in [0.2, 0.25) is 5.88 Å². The maximum atomic E-state index is 11.0. The summed E-state index contributed by atoms with van der Waals surface area (Å²) in [6, 6.07) is 20.0. The van der Waals surface area contributed by atoms with Crippen LogP contribution in [0, 0.1) is 6.92 Å². The van der Waals surface area contributed by atoms with E-state index >= 15 is 0 Å². The van der Waals surface area contributed by atoms with Crippen LogP contribution in [-0.4, -0.2) is 18.4 Å². The zero-order valence-electron chi connectivity index (χ0n) is 13.1.